The molecule has 0 fully saturated rings. The highest BCUT2D eigenvalue weighted by molar-refractivity contribution is 4.49. The monoisotopic (exact) mass is 347 g/mol. The molecule has 0 bridgehead atoms. The summed E-state index contributed by atoms with van der Waals surface area (Å²) >= 11 is 0. The van der Waals surface area contributed by atoms with Crippen LogP contribution >= 0.6 is 0 Å². The first kappa shape index (κ1) is 25.5. The van der Waals surface area contributed by atoms with E-state index in [-0.39, 0.29) is 12.4 Å². The maximum absolute atomic E-state index is 2.36. The van der Waals surface area contributed by atoms with Crippen LogP contribution in [0, 0.1) is 0 Å². The molecule has 1 nitrogen and oxygen atoms in total. The van der Waals surface area contributed by atoms with Gasteiger partial charge in [-0.3, -0.25) is 0 Å². The standard InChI is InChI=1S/C21H46N.ClH/c1-5-9-10-11-12-13-14-15-16-17-18-19-20-21-22(6-2,7-3)8-4;/h5-21H2,1-4H3;1H/q+1;/p-1. The predicted molar refractivity (Wildman–Crippen MR) is 102 cm³/mol. The van der Waals surface area contributed by atoms with Crippen LogP contribution in [0.3, 0.4) is 0 Å². The Morgan fingerprint density at radius 2 is 0.739 bits per heavy atom. The Morgan fingerprint density at radius 3 is 1.04 bits per heavy atom. The van der Waals surface area contributed by atoms with Crippen LogP contribution in [0.2, 0.25) is 0 Å². The lowest BCUT2D eigenvalue weighted by atomic mass is 10.0. The largest absolute Gasteiger partial charge is 1.00 e. The van der Waals surface area contributed by atoms with E-state index in [1.165, 1.54) is 114 Å². The molecule has 0 aliphatic rings. The van der Waals surface area contributed by atoms with Crippen LogP contribution in [0.15, 0.2) is 0 Å². The highest BCUT2D eigenvalue weighted by Crippen LogP contribution is 2.14. The van der Waals surface area contributed by atoms with Gasteiger partial charge in [0.05, 0.1) is 26.2 Å². The van der Waals surface area contributed by atoms with Gasteiger partial charge in [0.15, 0.2) is 0 Å². The molecule has 23 heavy (non-hydrogen) atoms. The molecular formula is C21H46ClN. The zero-order chi connectivity index (χ0) is 16.5. The molecule has 0 atom stereocenters. The Hall–Kier alpha value is 0.250. The van der Waals surface area contributed by atoms with Gasteiger partial charge in [-0.05, 0) is 33.6 Å². The molecule has 2 heteroatoms. The van der Waals surface area contributed by atoms with Gasteiger partial charge in [0, 0.05) is 0 Å². The first-order chi connectivity index (χ1) is 10.7. The third-order valence-corrected chi connectivity index (χ3v) is 5.75. The third kappa shape index (κ3) is 14.3. The van der Waals surface area contributed by atoms with Gasteiger partial charge in [0.25, 0.3) is 0 Å². The average Bonchev–Trinajstić information content (AvgIpc) is 2.56. The molecule has 0 unspecified atom stereocenters. The fourth-order valence-corrected chi connectivity index (χ4v) is 3.61. The average molecular weight is 348 g/mol. The molecule has 0 saturated carbocycles. The summed E-state index contributed by atoms with van der Waals surface area (Å²) in [7, 11) is 0. The van der Waals surface area contributed by atoms with Crippen molar-refractivity contribution in [1.82, 2.24) is 0 Å². The fraction of sp³-hybridized carbons (Fsp3) is 1.00. The Labute approximate surface area is 154 Å². The van der Waals surface area contributed by atoms with Gasteiger partial charge < -0.3 is 16.9 Å². The summed E-state index contributed by atoms with van der Waals surface area (Å²) in [6.07, 6.45) is 19.0. The van der Waals surface area contributed by atoms with Crippen LogP contribution in [-0.2, 0) is 0 Å². The second-order valence-electron chi connectivity index (χ2n) is 7.26. The van der Waals surface area contributed by atoms with E-state index in [4.69, 9.17) is 0 Å². The minimum Gasteiger partial charge on any atom is -1.00 e. The molecule has 0 aromatic heterocycles. The normalized spacial score (nSPS) is 11.5. The van der Waals surface area contributed by atoms with Gasteiger partial charge in [-0.2, -0.15) is 0 Å². The molecular weight excluding hydrogens is 302 g/mol. The van der Waals surface area contributed by atoms with Crippen LogP contribution in [0.1, 0.15) is 111 Å². The van der Waals surface area contributed by atoms with Crippen molar-refractivity contribution < 1.29 is 16.9 Å². The number of rotatable bonds is 17. The van der Waals surface area contributed by atoms with Gasteiger partial charge >= 0.3 is 0 Å². The zero-order valence-electron chi connectivity index (χ0n) is 16.8. The topological polar surface area (TPSA) is 0 Å². The number of unbranched alkanes of at least 4 members (excludes halogenated alkanes) is 12. The van der Waals surface area contributed by atoms with Crippen molar-refractivity contribution in [1.29, 1.82) is 0 Å². The van der Waals surface area contributed by atoms with Gasteiger partial charge in [0.2, 0.25) is 0 Å². The molecule has 0 radical (unpaired) electrons. The van der Waals surface area contributed by atoms with Crippen molar-refractivity contribution in [3.8, 4) is 0 Å². The Bertz CT molecular complexity index is 206. The number of nitrogens with zero attached hydrogens (tertiary/aromatic N) is 1. The summed E-state index contributed by atoms with van der Waals surface area (Å²) in [6, 6.07) is 0. The van der Waals surface area contributed by atoms with Crippen molar-refractivity contribution in [3.05, 3.63) is 0 Å². The van der Waals surface area contributed by atoms with E-state index in [0.717, 1.165) is 0 Å². The molecule has 0 spiro atoms. The van der Waals surface area contributed by atoms with Gasteiger partial charge in [-0.15, -0.1) is 0 Å². The van der Waals surface area contributed by atoms with Crippen molar-refractivity contribution >= 4 is 0 Å². The summed E-state index contributed by atoms with van der Waals surface area (Å²) in [6.45, 7) is 14.7. The van der Waals surface area contributed by atoms with Crippen molar-refractivity contribution in [2.24, 2.45) is 0 Å². The molecule has 142 valence electrons. The maximum Gasteiger partial charge on any atom is 0.0786 e. The molecule has 0 saturated heterocycles. The van der Waals surface area contributed by atoms with Gasteiger partial charge in [-0.25, -0.2) is 0 Å². The van der Waals surface area contributed by atoms with E-state index in [2.05, 4.69) is 27.7 Å². The lowest BCUT2D eigenvalue weighted by Gasteiger charge is -2.35. The highest BCUT2D eigenvalue weighted by atomic mass is 35.5. The number of hydrogen-bond donors (Lipinski definition) is 0. The molecule has 0 heterocycles. The molecule has 0 aromatic rings. The van der Waals surface area contributed by atoms with Crippen molar-refractivity contribution in [3.63, 3.8) is 0 Å². The lowest BCUT2D eigenvalue weighted by molar-refractivity contribution is -0.923. The molecule has 0 aromatic carbocycles. The quantitative estimate of drug-likeness (QED) is 0.276. The second kappa shape index (κ2) is 18.6. The van der Waals surface area contributed by atoms with E-state index in [0.29, 0.717) is 0 Å². The second-order valence-corrected chi connectivity index (χ2v) is 7.26. The third-order valence-electron chi connectivity index (χ3n) is 5.75. The smallest absolute Gasteiger partial charge is 0.0786 e. The first-order valence-corrected chi connectivity index (χ1v) is 10.6. The Morgan fingerprint density at radius 1 is 0.435 bits per heavy atom. The summed E-state index contributed by atoms with van der Waals surface area (Å²) in [5, 5.41) is 0. The molecule has 0 aliphatic carbocycles. The molecule has 0 N–H and O–H groups in total. The number of quaternary nitrogens is 1. The minimum absolute atomic E-state index is 0. The number of halogens is 1. The van der Waals surface area contributed by atoms with Crippen LogP contribution in [0.5, 0.6) is 0 Å². The summed E-state index contributed by atoms with van der Waals surface area (Å²) < 4.78 is 1.33. The van der Waals surface area contributed by atoms with Crippen LogP contribution in [-0.4, -0.2) is 30.7 Å². The summed E-state index contributed by atoms with van der Waals surface area (Å²) in [4.78, 5) is 0. The minimum atomic E-state index is 0. The van der Waals surface area contributed by atoms with Gasteiger partial charge in [-0.1, -0.05) is 77.6 Å². The van der Waals surface area contributed by atoms with E-state index in [1.807, 2.05) is 0 Å². The highest BCUT2D eigenvalue weighted by Gasteiger charge is 2.19. The first-order valence-electron chi connectivity index (χ1n) is 10.6. The number of hydrogen-bond acceptors (Lipinski definition) is 0. The zero-order valence-corrected chi connectivity index (χ0v) is 17.6. The van der Waals surface area contributed by atoms with E-state index in [9.17, 15) is 0 Å². The molecule has 0 aliphatic heterocycles. The fourth-order valence-electron chi connectivity index (χ4n) is 3.61. The molecule has 0 rings (SSSR count). The summed E-state index contributed by atoms with van der Waals surface area (Å²) in [5.74, 6) is 0. The lowest BCUT2D eigenvalue weighted by Crippen LogP contribution is -3.00. The Balaban J connectivity index is 0. The predicted octanol–water partition coefficient (Wildman–Crippen LogP) is 3.96. The summed E-state index contributed by atoms with van der Waals surface area (Å²) in [5.41, 5.74) is 0. The van der Waals surface area contributed by atoms with Crippen LogP contribution in [0.25, 0.3) is 0 Å². The van der Waals surface area contributed by atoms with E-state index >= 15 is 0 Å². The Kier molecular flexibility index (Phi) is 20.6. The van der Waals surface area contributed by atoms with Crippen molar-refractivity contribution in [2.75, 3.05) is 26.2 Å². The van der Waals surface area contributed by atoms with Crippen molar-refractivity contribution in [2.45, 2.75) is 111 Å². The van der Waals surface area contributed by atoms with E-state index in [1.54, 1.807) is 0 Å². The SMILES string of the molecule is CCCCCCCCCCCCCCC[N+](CC)(CC)CC.[Cl-]. The van der Waals surface area contributed by atoms with E-state index < -0.39 is 0 Å². The van der Waals surface area contributed by atoms with Crippen LogP contribution < -0.4 is 12.4 Å². The molecule has 0 amide bonds. The van der Waals surface area contributed by atoms with Crippen LogP contribution in [0.4, 0.5) is 0 Å². The van der Waals surface area contributed by atoms with Gasteiger partial charge in [0.1, 0.15) is 0 Å². The maximum atomic E-state index is 2.36.